The predicted octanol–water partition coefficient (Wildman–Crippen LogP) is 2.09. The van der Waals surface area contributed by atoms with Gasteiger partial charge in [0.15, 0.2) is 16.7 Å². The standard InChI is InChI=1S/C14H14F2N3OS.ClH/c15-9-3-8-4-11(7-20-13(8)12(16)5-9)19-10(1-2-17)6-18-14(19)21;/h3,5-6,11H,1-2,4,7,17H2;1H/t11-;/m1./s1. The van der Waals surface area contributed by atoms with Gasteiger partial charge in [0, 0.05) is 36.4 Å². The van der Waals surface area contributed by atoms with Crippen LogP contribution in [0, 0.1) is 11.6 Å². The number of thiocarbonyl (C=S) groups is 1. The normalized spacial score (nSPS) is 19.8. The Morgan fingerprint density at radius 1 is 1.41 bits per heavy atom. The molecular weight excluding hydrogens is 332 g/mol. The van der Waals surface area contributed by atoms with Gasteiger partial charge in [0.25, 0.3) is 0 Å². The minimum Gasteiger partial charge on any atom is -0.488 e. The van der Waals surface area contributed by atoms with E-state index in [-0.39, 0.29) is 30.8 Å². The van der Waals surface area contributed by atoms with Crippen molar-refractivity contribution >= 4 is 29.7 Å². The van der Waals surface area contributed by atoms with Gasteiger partial charge >= 0.3 is 0 Å². The van der Waals surface area contributed by atoms with E-state index in [1.165, 1.54) is 6.07 Å². The average Bonchev–Trinajstić information content (AvgIpc) is 2.79. The lowest BCUT2D eigenvalue weighted by Crippen LogP contribution is -2.44. The molecule has 1 atom stereocenters. The summed E-state index contributed by atoms with van der Waals surface area (Å²) in [6.07, 6.45) is 2.78. The number of nitrogens with two attached hydrogens (primary N) is 1. The van der Waals surface area contributed by atoms with Crippen LogP contribution in [0.3, 0.4) is 0 Å². The molecule has 0 bridgehead atoms. The predicted molar refractivity (Wildman–Crippen MR) is 84.9 cm³/mol. The number of rotatable bonds is 3. The largest absolute Gasteiger partial charge is 0.488 e. The molecule has 0 unspecified atom stereocenters. The van der Waals surface area contributed by atoms with Crippen molar-refractivity contribution in [3.05, 3.63) is 41.2 Å². The van der Waals surface area contributed by atoms with Crippen LogP contribution >= 0.6 is 24.6 Å². The molecule has 0 saturated carbocycles. The topological polar surface area (TPSA) is 52.6 Å². The Kier molecular flexibility index (Phi) is 5.20. The third-order valence-electron chi connectivity index (χ3n) is 3.57. The maximum Gasteiger partial charge on any atom is 0.200 e. The lowest BCUT2D eigenvalue weighted by Gasteiger charge is -2.34. The molecule has 22 heavy (non-hydrogen) atoms. The second kappa shape index (κ2) is 6.76. The van der Waals surface area contributed by atoms with Crippen molar-refractivity contribution < 1.29 is 13.5 Å². The van der Waals surface area contributed by atoms with E-state index in [2.05, 4.69) is 5.32 Å². The summed E-state index contributed by atoms with van der Waals surface area (Å²) < 4.78 is 32.5. The molecule has 1 radical (unpaired) electrons. The molecule has 0 fully saturated rings. The molecule has 0 aromatic heterocycles. The van der Waals surface area contributed by atoms with Crippen LogP contribution in [-0.2, 0) is 6.42 Å². The Morgan fingerprint density at radius 2 is 2.18 bits per heavy atom. The molecule has 2 N–H and O–H groups in total. The van der Waals surface area contributed by atoms with Gasteiger partial charge < -0.3 is 15.4 Å². The van der Waals surface area contributed by atoms with Gasteiger partial charge in [-0.2, -0.15) is 0 Å². The number of benzene rings is 1. The van der Waals surface area contributed by atoms with Crippen molar-refractivity contribution in [3.63, 3.8) is 0 Å². The molecule has 0 spiro atoms. The maximum absolute atomic E-state index is 13.7. The number of hydrogen-bond donors (Lipinski definition) is 1. The zero-order valence-corrected chi connectivity index (χ0v) is 13.2. The molecule has 2 aliphatic heterocycles. The van der Waals surface area contributed by atoms with Crippen LogP contribution in [0.5, 0.6) is 5.75 Å². The van der Waals surface area contributed by atoms with Gasteiger partial charge in [0.2, 0.25) is 0 Å². The third kappa shape index (κ3) is 3.02. The van der Waals surface area contributed by atoms with Gasteiger partial charge in [-0.15, -0.1) is 12.4 Å². The molecule has 8 heteroatoms. The Bertz CT molecular complexity index is 626. The van der Waals surface area contributed by atoms with Gasteiger partial charge in [0.1, 0.15) is 12.4 Å². The number of halogens is 3. The first kappa shape index (κ1) is 16.9. The van der Waals surface area contributed by atoms with Crippen LogP contribution in [0.2, 0.25) is 0 Å². The first-order valence-electron chi connectivity index (χ1n) is 6.64. The van der Waals surface area contributed by atoms with Gasteiger partial charge in [-0.1, -0.05) is 0 Å². The highest BCUT2D eigenvalue weighted by molar-refractivity contribution is 7.80. The van der Waals surface area contributed by atoms with E-state index < -0.39 is 11.6 Å². The second-order valence-corrected chi connectivity index (χ2v) is 5.35. The van der Waals surface area contributed by atoms with E-state index in [0.717, 1.165) is 11.8 Å². The zero-order valence-electron chi connectivity index (χ0n) is 11.6. The van der Waals surface area contributed by atoms with Crippen molar-refractivity contribution in [1.29, 1.82) is 0 Å². The molecule has 0 saturated heterocycles. The summed E-state index contributed by atoms with van der Waals surface area (Å²) in [4.78, 5) is 1.87. The first-order valence-corrected chi connectivity index (χ1v) is 7.05. The fourth-order valence-corrected chi connectivity index (χ4v) is 3.00. The summed E-state index contributed by atoms with van der Waals surface area (Å²) in [5.74, 6) is -1.16. The number of fused-ring (bicyclic) bond motifs is 1. The van der Waals surface area contributed by atoms with Gasteiger partial charge in [-0.05, 0) is 24.8 Å². The van der Waals surface area contributed by atoms with Crippen LogP contribution in [0.25, 0.3) is 0 Å². The number of ether oxygens (including phenoxy) is 1. The van der Waals surface area contributed by atoms with E-state index >= 15 is 0 Å². The lowest BCUT2D eigenvalue weighted by molar-refractivity contribution is 0.188. The van der Waals surface area contributed by atoms with Crippen molar-refractivity contribution in [2.24, 2.45) is 5.73 Å². The summed E-state index contributed by atoms with van der Waals surface area (Å²) >= 11 is 5.23. The Hall–Kier alpha value is -1.44. The van der Waals surface area contributed by atoms with E-state index in [0.29, 0.717) is 30.1 Å². The molecule has 2 heterocycles. The number of hydrogen-bond acceptors (Lipinski definition) is 3. The second-order valence-electron chi connectivity index (χ2n) is 4.99. The molecule has 119 valence electrons. The van der Waals surface area contributed by atoms with Crippen LogP contribution in [0.1, 0.15) is 12.0 Å². The Morgan fingerprint density at radius 3 is 2.91 bits per heavy atom. The summed E-state index contributed by atoms with van der Waals surface area (Å²) in [5, 5.41) is 4.56. The van der Waals surface area contributed by atoms with Crippen LogP contribution < -0.4 is 15.8 Å². The zero-order chi connectivity index (χ0) is 15.0. The van der Waals surface area contributed by atoms with Crippen LogP contribution in [-0.4, -0.2) is 29.2 Å². The monoisotopic (exact) mass is 346 g/mol. The summed E-state index contributed by atoms with van der Waals surface area (Å²) in [6.45, 7) is 0.751. The first-order chi connectivity index (χ1) is 10.1. The van der Waals surface area contributed by atoms with Crippen molar-refractivity contribution in [2.75, 3.05) is 13.2 Å². The minimum absolute atomic E-state index is 0. The quantitative estimate of drug-likeness (QED) is 0.851. The van der Waals surface area contributed by atoms with Crippen LogP contribution in [0.4, 0.5) is 8.78 Å². The molecule has 1 aromatic carbocycles. The van der Waals surface area contributed by atoms with E-state index in [1.54, 1.807) is 6.20 Å². The number of nitrogens with zero attached hydrogens (tertiary/aromatic N) is 2. The molecule has 0 amide bonds. The third-order valence-corrected chi connectivity index (χ3v) is 3.87. The fraction of sp³-hybridized carbons (Fsp3) is 0.357. The highest BCUT2D eigenvalue weighted by Crippen LogP contribution is 2.32. The molecular formula is C14H15ClF2N3OS. The maximum atomic E-state index is 13.7. The Labute approximate surface area is 138 Å². The molecule has 1 aromatic rings. The van der Waals surface area contributed by atoms with Crippen molar-refractivity contribution in [1.82, 2.24) is 10.2 Å². The molecule has 3 rings (SSSR count). The van der Waals surface area contributed by atoms with Gasteiger partial charge in [-0.25, -0.2) is 14.1 Å². The highest BCUT2D eigenvalue weighted by Gasteiger charge is 2.33. The average molecular weight is 347 g/mol. The fourth-order valence-electron chi connectivity index (χ4n) is 2.69. The van der Waals surface area contributed by atoms with Gasteiger partial charge in [-0.3, -0.25) is 0 Å². The van der Waals surface area contributed by atoms with E-state index in [1.807, 2.05) is 4.90 Å². The van der Waals surface area contributed by atoms with Crippen LogP contribution in [0.15, 0.2) is 24.0 Å². The molecule has 2 aliphatic rings. The lowest BCUT2D eigenvalue weighted by atomic mass is 10.0. The minimum atomic E-state index is -0.671. The molecule has 4 nitrogen and oxygen atoms in total. The van der Waals surface area contributed by atoms with E-state index in [9.17, 15) is 8.78 Å². The summed E-state index contributed by atoms with van der Waals surface area (Å²) in [5.41, 5.74) is 7.00. The summed E-state index contributed by atoms with van der Waals surface area (Å²) in [7, 11) is 0. The summed E-state index contributed by atoms with van der Waals surface area (Å²) in [6, 6.07) is 2.00. The highest BCUT2D eigenvalue weighted by atomic mass is 35.5. The van der Waals surface area contributed by atoms with Crippen molar-refractivity contribution in [3.8, 4) is 5.75 Å². The van der Waals surface area contributed by atoms with Crippen molar-refractivity contribution in [2.45, 2.75) is 18.9 Å². The SMILES string of the molecule is Cl.NCCC1=C[N]C(=S)N1[C@H]1COc2c(F)cc(F)cc2C1. The Balaban J connectivity index is 0.00000176. The smallest absolute Gasteiger partial charge is 0.200 e. The van der Waals surface area contributed by atoms with E-state index in [4.69, 9.17) is 22.7 Å². The van der Waals surface area contributed by atoms with Gasteiger partial charge in [0.05, 0.1) is 6.04 Å². The molecule has 0 aliphatic carbocycles.